The molecule has 1 atom stereocenters. The first kappa shape index (κ1) is 12.2. The molecule has 0 saturated carbocycles. The fourth-order valence-electron chi connectivity index (χ4n) is 1.55. The smallest absolute Gasteiger partial charge is 0.159 e. The fourth-order valence-corrected chi connectivity index (χ4v) is 2.58. The first-order valence-electron chi connectivity index (χ1n) is 5.35. The van der Waals surface area contributed by atoms with Crippen molar-refractivity contribution in [1.82, 2.24) is 0 Å². The molecule has 1 nitrogen and oxygen atoms in total. The normalized spacial score (nSPS) is 12.7. The maximum absolute atomic E-state index is 13.1. The molecular weight excluding hydrogens is 240 g/mol. The van der Waals surface area contributed by atoms with E-state index in [1.165, 1.54) is 17.4 Å². The number of halogens is 2. The van der Waals surface area contributed by atoms with Gasteiger partial charge in [-0.15, -0.1) is 11.3 Å². The van der Waals surface area contributed by atoms with Gasteiger partial charge >= 0.3 is 0 Å². The lowest BCUT2D eigenvalue weighted by Crippen LogP contribution is -2.07. The second-order valence-electron chi connectivity index (χ2n) is 4.01. The molecule has 0 aliphatic rings. The van der Waals surface area contributed by atoms with Crippen molar-refractivity contribution in [2.24, 2.45) is 5.73 Å². The van der Waals surface area contributed by atoms with Gasteiger partial charge in [-0.05, 0) is 47.2 Å². The van der Waals surface area contributed by atoms with E-state index in [1.54, 1.807) is 6.07 Å². The number of hydrogen-bond acceptors (Lipinski definition) is 2. The summed E-state index contributed by atoms with van der Waals surface area (Å²) in [6, 6.07) is 5.94. The predicted molar refractivity (Wildman–Crippen MR) is 67.1 cm³/mol. The van der Waals surface area contributed by atoms with Crippen LogP contribution in [-0.4, -0.2) is 6.54 Å². The van der Waals surface area contributed by atoms with E-state index in [0.29, 0.717) is 12.1 Å². The Morgan fingerprint density at radius 3 is 2.65 bits per heavy atom. The largest absolute Gasteiger partial charge is 0.330 e. The van der Waals surface area contributed by atoms with Crippen molar-refractivity contribution in [2.75, 3.05) is 6.54 Å². The van der Waals surface area contributed by atoms with Crippen LogP contribution < -0.4 is 5.73 Å². The summed E-state index contributed by atoms with van der Waals surface area (Å²) >= 11 is 1.52. The Morgan fingerprint density at radius 1 is 1.24 bits per heavy atom. The summed E-state index contributed by atoms with van der Waals surface area (Å²) < 4.78 is 25.9. The van der Waals surface area contributed by atoms with Crippen LogP contribution in [0.25, 0.3) is 10.4 Å². The topological polar surface area (TPSA) is 26.0 Å². The van der Waals surface area contributed by atoms with Crippen LogP contribution in [0.2, 0.25) is 0 Å². The molecule has 1 aromatic heterocycles. The van der Waals surface area contributed by atoms with E-state index >= 15 is 0 Å². The highest BCUT2D eigenvalue weighted by molar-refractivity contribution is 7.13. The molecule has 0 fully saturated rings. The minimum absolute atomic E-state index is 0.283. The third-order valence-electron chi connectivity index (χ3n) is 2.75. The van der Waals surface area contributed by atoms with Crippen LogP contribution in [0.5, 0.6) is 0 Å². The van der Waals surface area contributed by atoms with Crippen LogP contribution in [0.1, 0.15) is 18.4 Å². The van der Waals surface area contributed by atoms with Crippen molar-refractivity contribution in [3.63, 3.8) is 0 Å². The molecule has 0 aliphatic carbocycles. The van der Waals surface area contributed by atoms with E-state index in [9.17, 15) is 8.78 Å². The molecule has 0 spiro atoms. The van der Waals surface area contributed by atoms with Crippen LogP contribution in [-0.2, 0) is 0 Å². The Morgan fingerprint density at radius 2 is 2.00 bits per heavy atom. The summed E-state index contributed by atoms with van der Waals surface area (Å²) in [5, 5.41) is 2.01. The second kappa shape index (κ2) is 4.94. The predicted octanol–water partition coefficient (Wildman–Crippen LogP) is 3.76. The molecule has 0 aliphatic heterocycles. The standard InChI is InChI=1S/C13H13F2NS/c1-8(6-16)10-5-13(17-7-10)9-2-3-11(14)12(15)4-9/h2-5,7-8H,6,16H2,1H3. The summed E-state index contributed by atoms with van der Waals surface area (Å²) in [6.45, 7) is 2.62. The quantitative estimate of drug-likeness (QED) is 0.885. The SMILES string of the molecule is CC(CN)c1csc(-c2ccc(F)c(F)c2)c1. The summed E-state index contributed by atoms with van der Waals surface area (Å²) in [7, 11) is 0. The highest BCUT2D eigenvalue weighted by Gasteiger charge is 2.09. The van der Waals surface area contributed by atoms with Gasteiger partial charge in [0, 0.05) is 4.88 Å². The summed E-state index contributed by atoms with van der Waals surface area (Å²) in [5.74, 6) is -1.35. The molecule has 2 rings (SSSR count). The van der Waals surface area contributed by atoms with Gasteiger partial charge in [-0.1, -0.05) is 13.0 Å². The average Bonchev–Trinajstić information content (AvgIpc) is 2.81. The van der Waals surface area contributed by atoms with E-state index in [0.717, 1.165) is 16.5 Å². The Balaban J connectivity index is 2.33. The monoisotopic (exact) mass is 253 g/mol. The van der Waals surface area contributed by atoms with Gasteiger partial charge < -0.3 is 5.73 Å². The van der Waals surface area contributed by atoms with Crippen LogP contribution >= 0.6 is 11.3 Å². The number of nitrogens with two attached hydrogens (primary N) is 1. The third kappa shape index (κ3) is 2.53. The number of rotatable bonds is 3. The lowest BCUT2D eigenvalue weighted by Gasteiger charge is -2.04. The Labute approximate surface area is 103 Å². The first-order valence-corrected chi connectivity index (χ1v) is 6.23. The molecule has 1 heterocycles. The van der Waals surface area contributed by atoms with E-state index in [1.807, 2.05) is 18.4 Å². The van der Waals surface area contributed by atoms with Gasteiger partial charge in [0.05, 0.1) is 0 Å². The average molecular weight is 253 g/mol. The lowest BCUT2D eigenvalue weighted by atomic mass is 10.0. The molecular formula is C13H13F2NS. The van der Waals surface area contributed by atoms with Gasteiger partial charge in [-0.3, -0.25) is 0 Å². The molecule has 0 radical (unpaired) electrons. The maximum Gasteiger partial charge on any atom is 0.159 e. The van der Waals surface area contributed by atoms with Gasteiger partial charge in [-0.25, -0.2) is 8.78 Å². The zero-order valence-electron chi connectivity index (χ0n) is 9.41. The van der Waals surface area contributed by atoms with Crippen molar-refractivity contribution in [1.29, 1.82) is 0 Å². The van der Waals surface area contributed by atoms with Gasteiger partial charge in [0.1, 0.15) is 0 Å². The van der Waals surface area contributed by atoms with Crippen molar-refractivity contribution in [3.05, 3.63) is 46.8 Å². The van der Waals surface area contributed by atoms with Gasteiger partial charge in [0.25, 0.3) is 0 Å². The number of hydrogen-bond donors (Lipinski definition) is 1. The number of benzene rings is 1. The van der Waals surface area contributed by atoms with Gasteiger partial charge in [0.15, 0.2) is 11.6 Å². The molecule has 2 aromatic rings. The minimum Gasteiger partial charge on any atom is -0.330 e. The molecule has 0 amide bonds. The van der Waals surface area contributed by atoms with Gasteiger partial charge in [0.2, 0.25) is 0 Å². The molecule has 1 aromatic carbocycles. The van der Waals surface area contributed by atoms with E-state index in [2.05, 4.69) is 0 Å². The summed E-state index contributed by atoms with van der Waals surface area (Å²) in [6.07, 6.45) is 0. The van der Waals surface area contributed by atoms with Crippen LogP contribution in [0, 0.1) is 11.6 Å². The van der Waals surface area contributed by atoms with Crippen LogP contribution in [0.15, 0.2) is 29.6 Å². The molecule has 0 bridgehead atoms. The Hall–Kier alpha value is -1.26. The number of thiophene rings is 1. The second-order valence-corrected chi connectivity index (χ2v) is 4.92. The molecule has 17 heavy (non-hydrogen) atoms. The summed E-state index contributed by atoms with van der Waals surface area (Å²) in [5.41, 5.74) is 7.43. The Bertz CT molecular complexity index is 522. The highest BCUT2D eigenvalue weighted by atomic mass is 32.1. The molecule has 2 N–H and O–H groups in total. The van der Waals surface area contributed by atoms with E-state index in [-0.39, 0.29) is 5.92 Å². The summed E-state index contributed by atoms with van der Waals surface area (Å²) in [4.78, 5) is 0.930. The lowest BCUT2D eigenvalue weighted by molar-refractivity contribution is 0.509. The first-order chi connectivity index (χ1) is 8.11. The van der Waals surface area contributed by atoms with Crippen LogP contribution in [0.3, 0.4) is 0 Å². The molecule has 0 saturated heterocycles. The van der Waals surface area contributed by atoms with Crippen molar-refractivity contribution < 1.29 is 8.78 Å². The third-order valence-corrected chi connectivity index (χ3v) is 3.74. The van der Waals surface area contributed by atoms with Crippen molar-refractivity contribution in [2.45, 2.75) is 12.8 Å². The molecule has 90 valence electrons. The molecule has 1 unspecified atom stereocenters. The highest BCUT2D eigenvalue weighted by Crippen LogP contribution is 2.31. The Kier molecular flexibility index (Phi) is 3.54. The van der Waals surface area contributed by atoms with Crippen molar-refractivity contribution >= 4 is 11.3 Å². The molecule has 4 heteroatoms. The maximum atomic E-state index is 13.1. The zero-order valence-corrected chi connectivity index (χ0v) is 10.2. The van der Waals surface area contributed by atoms with Gasteiger partial charge in [-0.2, -0.15) is 0 Å². The minimum atomic E-state index is -0.819. The zero-order chi connectivity index (χ0) is 12.4. The van der Waals surface area contributed by atoms with Crippen molar-refractivity contribution in [3.8, 4) is 10.4 Å². The van der Waals surface area contributed by atoms with Crippen LogP contribution in [0.4, 0.5) is 8.78 Å². The fraction of sp³-hybridized carbons (Fsp3) is 0.231. The van der Waals surface area contributed by atoms with E-state index in [4.69, 9.17) is 5.73 Å². The van der Waals surface area contributed by atoms with E-state index < -0.39 is 11.6 Å².